The number of primary amides is 1. The van der Waals surface area contributed by atoms with Gasteiger partial charge in [0, 0.05) is 24.1 Å². The fourth-order valence-corrected chi connectivity index (χ4v) is 2.53. The Kier molecular flexibility index (Phi) is 4.36. The van der Waals surface area contributed by atoms with E-state index in [-0.39, 0.29) is 11.4 Å². The molecule has 3 aromatic rings. The highest BCUT2D eigenvalue weighted by molar-refractivity contribution is 6.42. The van der Waals surface area contributed by atoms with Gasteiger partial charge in [0.2, 0.25) is 0 Å². The monoisotopic (exact) mass is 353 g/mol. The Hall–Kier alpha value is -3.75. The third-order valence-electron chi connectivity index (χ3n) is 3.97. The Morgan fingerprint density at radius 2 is 2.08 bits per heavy atom. The van der Waals surface area contributed by atoms with Gasteiger partial charge in [-0.2, -0.15) is 0 Å². The molecule has 26 heavy (non-hydrogen) atoms. The average molecular weight is 353 g/mol. The van der Waals surface area contributed by atoms with Crippen molar-refractivity contribution >= 4 is 34.1 Å². The predicted octanol–water partition coefficient (Wildman–Crippen LogP) is 2.06. The lowest BCUT2D eigenvalue weighted by molar-refractivity contribution is -0.384. The number of rotatable bonds is 6. The highest BCUT2D eigenvalue weighted by atomic mass is 16.6. The minimum absolute atomic E-state index is 0.0289. The van der Waals surface area contributed by atoms with Crippen LogP contribution in [0.4, 0.5) is 11.4 Å². The number of nitro benzene ring substituents is 1. The SMILES string of the molecule is Cc1ccc([N+](=O)[O-])cc1CNc1cnc2[nH]c(C(=O)C(N)=O)cc2c1. The number of pyridine rings is 1. The number of nitrogens with one attached hydrogen (secondary N) is 2. The van der Waals surface area contributed by atoms with Crippen molar-refractivity contribution < 1.29 is 14.5 Å². The number of aryl methyl sites for hydroxylation is 1. The molecule has 2 heterocycles. The number of H-pyrrole nitrogens is 1. The van der Waals surface area contributed by atoms with E-state index in [9.17, 15) is 19.7 Å². The molecular formula is C17H15N5O4. The van der Waals surface area contributed by atoms with Gasteiger partial charge in [0.25, 0.3) is 17.4 Å². The molecule has 0 spiro atoms. The molecule has 132 valence electrons. The van der Waals surface area contributed by atoms with Crippen molar-refractivity contribution in [2.75, 3.05) is 5.32 Å². The van der Waals surface area contributed by atoms with Crippen LogP contribution in [-0.2, 0) is 11.3 Å². The number of hydrogen-bond donors (Lipinski definition) is 3. The highest BCUT2D eigenvalue weighted by Crippen LogP contribution is 2.21. The summed E-state index contributed by atoms with van der Waals surface area (Å²) < 4.78 is 0. The van der Waals surface area contributed by atoms with E-state index in [1.807, 2.05) is 6.92 Å². The van der Waals surface area contributed by atoms with Crippen LogP contribution in [0.3, 0.4) is 0 Å². The Bertz CT molecular complexity index is 1040. The number of aromatic amines is 1. The number of nitrogens with two attached hydrogens (primary N) is 1. The van der Waals surface area contributed by atoms with Crippen molar-refractivity contribution in [3.05, 3.63) is 63.5 Å². The van der Waals surface area contributed by atoms with E-state index in [0.29, 0.717) is 23.3 Å². The summed E-state index contributed by atoms with van der Waals surface area (Å²) in [6.07, 6.45) is 1.56. The number of amides is 1. The van der Waals surface area contributed by atoms with Crippen molar-refractivity contribution in [2.24, 2.45) is 5.73 Å². The Labute approximate surface area is 147 Å². The van der Waals surface area contributed by atoms with Crippen LogP contribution in [0.5, 0.6) is 0 Å². The van der Waals surface area contributed by atoms with Crippen molar-refractivity contribution in [3.63, 3.8) is 0 Å². The zero-order chi connectivity index (χ0) is 18.8. The maximum atomic E-state index is 11.6. The molecule has 9 nitrogen and oxygen atoms in total. The third-order valence-corrected chi connectivity index (χ3v) is 3.97. The second-order valence-electron chi connectivity index (χ2n) is 5.76. The smallest absolute Gasteiger partial charge is 0.291 e. The van der Waals surface area contributed by atoms with Gasteiger partial charge in [-0.25, -0.2) is 4.98 Å². The Balaban J connectivity index is 1.81. The third kappa shape index (κ3) is 3.36. The van der Waals surface area contributed by atoms with Gasteiger partial charge < -0.3 is 16.0 Å². The molecule has 4 N–H and O–H groups in total. The minimum Gasteiger partial charge on any atom is -0.380 e. The van der Waals surface area contributed by atoms with Crippen LogP contribution in [-0.4, -0.2) is 26.6 Å². The fourth-order valence-electron chi connectivity index (χ4n) is 2.53. The molecule has 1 aromatic carbocycles. The molecule has 0 aliphatic rings. The number of fused-ring (bicyclic) bond motifs is 1. The van der Waals surface area contributed by atoms with Crippen molar-refractivity contribution in [1.82, 2.24) is 9.97 Å². The molecular weight excluding hydrogens is 338 g/mol. The predicted molar refractivity (Wildman–Crippen MR) is 94.8 cm³/mol. The zero-order valence-corrected chi connectivity index (χ0v) is 13.8. The average Bonchev–Trinajstić information content (AvgIpc) is 3.03. The molecule has 0 radical (unpaired) electrons. The first kappa shape index (κ1) is 17.1. The molecule has 0 fully saturated rings. The quantitative estimate of drug-likeness (QED) is 0.268. The van der Waals surface area contributed by atoms with Crippen molar-refractivity contribution in [2.45, 2.75) is 13.5 Å². The van der Waals surface area contributed by atoms with E-state index in [0.717, 1.165) is 11.1 Å². The summed E-state index contributed by atoms with van der Waals surface area (Å²) in [6.45, 7) is 2.24. The van der Waals surface area contributed by atoms with Crippen LogP contribution < -0.4 is 11.1 Å². The van der Waals surface area contributed by atoms with E-state index >= 15 is 0 Å². The number of Topliss-reactive ketones (excluding diaryl/α,β-unsaturated/α-hetero) is 1. The van der Waals surface area contributed by atoms with Gasteiger partial charge in [-0.1, -0.05) is 6.07 Å². The molecule has 0 atom stereocenters. The van der Waals surface area contributed by atoms with Crippen molar-refractivity contribution in [1.29, 1.82) is 0 Å². The van der Waals surface area contributed by atoms with E-state index in [4.69, 9.17) is 5.73 Å². The molecule has 0 bridgehead atoms. The largest absolute Gasteiger partial charge is 0.380 e. The molecule has 2 aromatic heterocycles. The maximum absolute atomic E-state index is 11.6. The van der Waals surface area contributed by atoms with Crippen LogP contribution in [0.25, 0.3) is 11.0 Å². The number of nitrogens with zero attached hydrogens (tertiary/aromatic N) is 2. The maximum Gasteiger partial charge on any atom is 0.291 e. The zero-order valence-electron chi connectivity index (χ0n) is 13.8. The summed E-state index contributed by atoms with van der Waals surface area (Å²) in [5.41, 5.74) is 7.93. The van der Waals surface area contributed by atoms with Crippen LogP contribution in [0.15, 0.2) is 36.5 Å². The first-order chi connectivity index (χ1) is 12.3. The van der Waals surface area contributed by atoms with E-state index in [2.05, 4.69) is 15.3 Å². The second kappa shape index (κ2) is 6.63. The molecule has 0 aliphatic heterocycles. The number of non-ortho nitro benzene ring substituents is 1. The number of hydrogen-bond acceptors (Lipinski definition) is 6. The first-order valence-corrected chi connectivity index (χ1v) is 7.66. The topological polar surface area (TPSA) is 144 Å². The lowest BCUT2D eigenvalue weighted by Crippen LogP contribution is -2.23. The van der Waals surface area contributed by atoms with Crippen molar-refractivity contribution in [3.8, 4) is 0 Å². The van der Waals surface area contributed by atoms with Gasteiger partial charge in [-0.15, -0.1) is 0 Å². The van der Waals surface area contributed by atoms with Gasteiger partial charge in [0.15, 0.2) is 0 Å². The normalized spacial score (nSPS) is 10.7. The molecule has 0 unspecified atom stereocenters. The number of anilines is 1. The number of benzene rings is 1. The summed E-state index contributed by atoms with van der Waals surface area (Å²) >= 11 is 0. The van der Waals surface area contributed by atoms with E-state index < -0.39 is 16.6 Å². The van der Waals surface area contributed by atoms with E-state index in [1.165, 1.54) is 18.2 Å². The summed E-state index contributed by atoms with van der Waals surface area (Å²) in [7, 11) is 0. The van der Waals surface area contributed by atoms with Gasteiger partial charge in [0.1, 0.15) is 5.65 Å². The summed E-state index contributed by atoms with van der Waals surface area (Å²) in [5, 5.41) is 14.7. The van der Waals surface area contributed by atoms with Gasteiger partial charge in [-0.05, 0) is 30.2 Å². The number of carbonyl (C=O) groups excluding carboxylic acids is 2. The lowest BCUT2D eigenvalue weighted by atomic mass is 10.1. The van der Waals surface area contributed by atoms with Crippen LogP contribution >= 0.6 is 0 Å². The minimum atomic E-state index is -1.05. The second-order valence-corrected chi connectivity index (χ2v) is 5.76. The number of aromatic nitrogens is 2. The van der Waals surface area contributed by atoms with Gasteiger partial charge in [-0.3, -0.25) is 19.7 Å². The first-order valence-electron chi connectivity index (χ1n) is 7.66. The van der Waals surface area contributed by atoms with Crippen LogP contribution in [0.1, 0.15) is 21.6 Å². The summed E-state index contributed by atoms with van der Waals surface area (Å²) in [4.78, 5) is 40.0. The molecule has 1 amide bonds. The number of ketones is 1. The Morgan fingerprint density at radius 3 is 2.77 bits per heavy atom. The van der Waals surface area contributed by atoms with Gasteiger partial charge >= 0.3 is 0 Å². The molecule has 0 saturated carbocycles. The van der Waals surface area contributed by atoms with Crippen LogP contribution in [0.2, 0.25) is 0 Å². The number of nitro groups is 1. The summed E-state index contributed by atoms with van der Waals surface area (Å²) in [6, 6.07) is 7.94. The standard InChI is InChI=1S/C17H15N5O4/c1-9-2-3-13(22(25)26)5-11(9)7-19-12-4-10-6-14(15(23)16(18)24)21-17(10)20-8-12/h2-6,8,19H,7H2,1H3,(H2,18,24)(H,20,21). The van der Waals surface area contributed by atoms with Gasteiger partial charge in [0.05, 0.1) is 22.5 Å². The Morgan fingerprint density at radius 1 is 1.31 bits per heavy atom. The molecule has 0 saturated heterocycles. The summed E-state index contributed by atoms with van der Waals surface area (Å²) in [5.74, 6) is -1.86. The highest BCUT2D eigenvalue weighted by Gasteiger charge is 2.15. The van der Waals surface area contributed by atoms with E-state index in [1.54, 1.807) is 18.3 Å². The lowest BCUT2D eigenvalue weighted by Gasteiger charge is -2.09. The number of carbonyl (C=O) groups is 2. The molecule has 9 heteroatoms. The van der Waals surface area contributed by atoms with Crippen LogP contribution in [0, 0.1) is 17.0 Å². The fraction of sp³-hybridized carbons (Fsp3) is 0.118. The molecule has 0 aliphatic carbocycles. The molecule has 3 rings (SSSR count).